The molecule has 0 aliphatic heterocycles. The zero-order valence-corrected chi connectivity index (χ0v) is 32.3. The van der Waals surface area contributed by atoms with E-state index in [2.05, 4.69) is 0 Å². The van der Waals surface area contributed by atoms with E-state index in [0.29, 0.717) is 12.5 Å². The maximum atomic E-state index is 12.6. The van der Waals surface area contributed by atoms with Crippen molar-refractivity contribution in [1.29, 1.82) is 0 Å². The zero-order chi connectivity index (χ0) is 44.5. The molecule has 0 saturated heterocycles. The lowest BCUT2D eigenvalue weighted by Crippen LogP contribution is -2.35. The van der Waals surface area contributed by atoms with Gasteiger partial charge >= 0.3 is 18.1 Å². The maximum Gasteiger partial charge on any atom is 0.416 e. The highest BCUT2D eigenvalue weighted by Gasteiger charge is 2.39. The number of nitrogens with zero attached hydrogens (tertiary/aromatic N) is 2. The van der Waals surface area contributed by atoms with Crippen LogP contribution in [0.2, 0.25) is 5.02 Å². The molecule has 3 aromatic carbocycles. The first-order valence-electron chi connectivity index (χ1n) is 16.0. The molecule has 3 aromatic rings. The molecule has 0 aromatic heterocycles. The van der Waals surface area contributed by atoms with Gasteiger partial charge < -0.3 is 25.6 Å². The molecule has 1 saturated carbocycles. The number of hydrogen-bond donors (Lipinski definition) is 4. The van der Waals surface area contributed by atoms with Crippen molar-refractivity contribution in [3.63, 3.8) is 0 Å². The summed E-state index contributed by atoms with van der Waals surface area (Å²) in [6.45, 7) is 1.18. The van der Waals surface area contributed by atoms with Gasteiger partial charge in [-0.25, -0.2) is 13.2 Å². The Morgan fingerprint density at radius 1 is 0.966 bits per heavy atom. The molecule has 5 N–H and O–H groups in total. The number of halogens is 4. The Bertz CT molecular complexity index is 2280. The van der Waals surface area contributed by atoms with Crippen LogP contribution in [0.25, 0.3) is 0 Å². The van der Waals surface area contributed by atoms with Crippen LogP contribution in [0, 0.1) is 26.1 Å². The van der Waals surface area contributed by atoms with Crippen molar-refractivity contribution < 1.29 is 79.8 Å². The van der Waals surface area contributed by atoms with E-state index in [1.54, 1.807) is 0 Å². The molecule has 2 unspecified atom stereocenters. The number of rotatable bonds is 12. The van der Waals surface area contributed by atoms with Crippen molar-refractivity contribution in [2.45, 2.75) is 42.8 Å². The topological polar surface area (TPSA) is 319 Å². The van der Waals surface area contributed by atoms with Gasteiger partial charge in [-0.1, -0.05) is 11.6 Å². The summed E-state index contributed by atoms with van der Waals surface area (Å²) < 4.78 is 76.5. The Balaban J connectivity index is 0.000000321. The first-order valence-corrected chi connectivity index (χ1v) is 20.5. The molecular weight excluding hydrogens is 850 g/mol. The third-order valence-corrected chi connectivity index (χ3v) is 10.2. The molecule has 1 fully saturated rings. The summed E-state index contributed by atoms with van der Waals surface area (Å²) >= 11 is 5.72. The number of sulfone groups is 1. The maximum absolute atomic E-state index is 12.6. The molecule has 25 heteroatoms. The van der Waals surface area contributed by atoms with Crippen LogP contribution in [0.3, 0.4) is 0 Å². The number of carbonyl (C=O) groups is 5. The minimum atomic E-state index is -4.58. The van der Waals surface area contributed by atoms with Crippen LogP contribution in [0.4, 0.5) is 24.5 Å². The number of alkyl halides is 3. The number of hydrogen-bond acceptors (Lipinski definition) is 14. The fourth-order valence-corrected chi connectivity index (χ4v) is 6.37. The smallest absolute Gasteiger partial charge is 0.416 e. The third-order valence-electron chi connectivity index (χ3n) is 7.67. The standard InChI is InChI=1S/C14H7ClF3NO5.C14H13NO7S.C5H12NO4P/c15-10-5-7(14(16,17)18)1-4-12(10)24-8-2-3-11(19(22)23)9(6-8)13(20)21;1-23(21,22)8-5-6-9(10(7-8)15(19)20)14(18)13-11(16)3-2-4-12(13)17;1-11(9,10)3-2-4(6)5(7)8/h1-6H,(H,20,21);5-7,13H,2-4H2,1H3;4H,2-3,6H2,1H3,(H,7,8)(H,9,10). The Labute approximate surface area is 330 Å². The van der Waals surface area contributed by atoms with E-state index in [9.17, 15) is 70.4 Å². The molecule has 1 aliphatic rings. The average molecular weight is 882 g/mol. The predicted octanol–water partition coefficient (Wildman–Crippen LogP) is 5.57. The molecule has 2 atom stereocenters. The van der Waals surface area contributed by atoms with E-state index in [1.165, 1.54) is 6.66 Å². The normalized spacial score (nSPS) is 14.7. The summed E-state index contributed by atoms with van der Waals surface area (Å²) in [4.78, 5) is 85.8. The van der Waals surface area contributed by atoms with Crippen LogP contribution < -0.4 is 10.5 Å². The van der Waals surface area contributed by atoms with E-state index < -0.39 is 103 Å². The van der Waals surface area contributed by atoms with Gasteiger partial charge in [0.2, 0.25) is 0 Å². The monoisotopic (exact) mass is 881 g/mol. The molecule has 0 spiro atoms. The van der Waals surface area contributed by atoms with E-state index >= 15 is 0 Å². The summed E-state index contributed by atoms with van der Waals surface area (Å²) in [5.74, 6) is -6.59. The van der Waals surface area contributed by atoms with Gasteiger partial charge in [0, 0.05) is 50.1 Å². The summed E-state index contributed by atoms with van der Waals surface area (Å²) in [6, 6.07) is 7.03. The minimum absolute atomic E-state index is 0.0412. The molecule has 19 nitrogen and oxygen atoms in total. The number of carbonyl (C=O) groups excluding carboxylic acids is 3. The number of nitrogens with two attached hydrogens (primary N) is 1. The van der Waals surface area contributed by atoms with Crippen molar-refractivity contribution in [2.24, 2.45) is 11.7 Å². The number of nitro groups is 2. The van der Waals surface area contributed by atoms with Gasteiger partial charge in [0.1, 0.15) is 29.0 Å². The van der Waals surface area contributed by atoms with Crippen LogP contribution in [0.15, 0.2) is 59.5 Å². The summed E-state index contributed by atoms with van der Waals surface area (Å²) in [5.41, 5.74) is 1.68. The molecular formula is C33H32ClF3N3O16PS. The second kappa shape index (κ2) is 19.7. The average Bonchev–Trinajstić information content (AvgIpc) is 3.10. The Hall–Kier alpha value is -5.61. The highest BCUT2D eigenvalue weighted by molar-refractivity contribution is 7.90. The largest absolute Gasteiger partial charge is 0.480 e. The number of ether oxygens (including phenoxy) is 1. The number of ketones is 3. The van der Waals surface area contributed by atoms with Crippen molar-refractivity contribution in [1.82, 2.24) is 0 Å². The first-order chi connectivity index (χ1) is 26.5. The van der Waals surface area contributed by atoms with Crippen molar-refractivity contribution in [2.75, 3.05) is 19.1 Å². The second-order valence-corrected chi connectivity index (χ2v) is 17.3. The summed E-state index contributed by atoms with van der Waals surface area (Å²) in [6.07, 6.45) is -3.21. The third kappa shape index (κ3) is 14.1. The number of benzene rings is 3. The molecule has 0 amide bonds. The van der Waals surface area contributed by atoms with Crippen molar-refractivity contribution in [3.8, 4) is 11.5 Å². The molecule has 314 valence electrons. The number of carboxylic acids is 2. The van der Waals surface area contributed by atoms with Crippen LogP contribution in [-0.4, -0.2) is 87.8 Å². The zero-order valence-electron chi connectivity index (χ0n) is 29.9. The lowest BCUT2D eigenvalue weighted by atomic mass is 9.81. The van der Waals surface area contributed by atoms with E-state index in [-0.39, 0.29) is 46.8 Å². The van der Waals surface area contributed by atoms with Gasteiger partial charge in [0.25, 0.3) is 11.4 Å². The number of Topliss-reactive ketones (excluding diaryl/α,β-unsaturated/α-hetero) is 3. The van der Waals surface area contributed by atoms with Crippen molar-refractivity contribution in [3.05, 3.63) is 96.5 Å². The minimum Gasteiger partial charge on any atom is -0.480 e. The summed E-state index contributed by atoms with van der Waals surface area (Å²) in [7, 11) is -6.80. The van der Waals surface area contributed by atoms with Crippen LogP contribution in [0.1, 0.15) is 52.0 Å². The highest BCUT2D eigenvalue weighted by atomic mass is 35.5. The lowest BCUT2D eigenvalue weighted by molar-refractivity contribution is -0.385. The van der Waals surface area contributed by atoms with E-state index in [1.807, 2.05) is 0 Å². The van der Waals surface area contributed by atoms with Crippen molar-refractivity contribution >= 4 is 69.5 Å². The molecule has 0 radical (unpaired) electrons. The fraction of sp³-hybridized carbons (Fsp3) is 0.303. The van der Waals surface area contributed by atoms with Crippen LogP contribution in [0.5, 0.6) is 11.5 Å². The van der Waals surface area contributed by atoms with Crippen LogP contribution >= 0.6 is 19.0 Å². The number of aromatic carboxylic acids is 1. The molecule has 58 heavy (non-hydrogen) atoms. The van der Waals surface area contributed by atoms with Gasteiger partial charge in [-0.05, 0) is 49.2 Å². The quantitative estimate of drug-likeness (QED) is 0.0568. The van der Waals surface area contributed by atoms with Gasteiger partial charge in [0.15, 0.2) is 34.6 Å². The SMILES string of the molecule is CP(=O)(O)CCC(N)C(=O)O.CS(=O)(=O)c1ccc(C(=O)C2C(=O)CCCC2=O)c([N+](=O)[O-])c1.O=C(O)c1cc(Oc2ccc(C(F)(F)F)cc2Cl)ccc1[N+](=O)[O-]. The first kappa shape index (κ1) is 48.5. The molecule has 0 bridgehead atoms. The highest BCUT2D eigenvalue weighted by Crippen LogP contribution is 2.38. The van der Waals surface area contributed by atoms with Gasteiger partial charge in [-0.15, -0.1) is 0 Å². The van der Waals surface area contributed by atoms with Gasteiger partial charge in [-0.2, -0.15) is 13.2 Å². The molecule has 1 aliphatic carbocycles. The molecule has 0 heterocycles. The lowest BCUT2D eigenvalue weighted by Gasteiger charge is -2.18. The van der Waals surface area contributed by atoms with E-state index in [0.717, 1.165) is 54.8 Å². The Morgan fingerprint density at radius 3 is 1.98 bits per heavy atom. The Kier molecular flexibility index (Phi) is 16.5. The van der Waals surface area contributed by atoms with E-state index in [4.69, 9.17) is 37.2 Å². The number of aliphatic carboxylic acids is 1. The van der Waals surface area contributed by atoms with Gasteiger partial charge in [0.05, 0.1) is 30.9 Å². The predicted molar refractivity (Wildman–Crippen MR) is 195 cm³/mol. The van der Waals surface area contributed by atoms with Crippen LogP contribution in [-0.2, 0) is 35.0 Å². The molecule has 4 rings (SSSR count). The second-order valence-electron chi connectivity index (χ2n) is 12.3. The number of nitro benzene ring substituents is 2. The van der Waals surface area contributed by atoms with Gasteiger partial charge in [-0.3, -0.25) is 44.0 Å². The summed E-state index contributed by atoms with van der Waals surface area (Å²) in [5, 5.41) is 38.8. The Morgan fingerprint density at radius 2 is 1.53 bits per heavy atom. The fourth-order valence-electron chi connectivity index (χ4n) is 4.75. The number of carboxylic acid groups (broad SMARTS) is 2.